The van der Waals surface area contributed by atoms with Crippen molar-refractivity contribution in [1.29, 1.82) is 0 Å². The Hall–Kier alpha value is -4.23. The van der Waals surface area contributed by atoms with Gasteiger partial charge in [0.1, 0.15) is 12.1 Å². The molecule has 0 radical (unpaired) electrons. The fourth-order valence-electron chi connectivity index (χ4n) is 5.78. The Labute approximate surface area is 256 Å². The van der Waals surface area contributed by atoms with Crippen LogP contribution in [0.25, 0.3) is 33.1 Å². The molecule has 0 aliphatic carbocycles. The predicted molar refractivity (Wildman–Crippen MR) is 173 cm³/mol. The molecule has 0 saturated carbocycles. The Morgan fingerprint density at radius 3 is 2.57 bits per heavy atom. The smallest absolute Gasteiger partial charge is 0.266 e. The number of sulfonamides is 1. The molecule has 44 heavy (non-hydrogen) atoms. The zero-order chi connectivity index (χ0) is 30.8. The lowest BCUT2D eigenvalue weighted by Crippen LogP contribution is -2.50. The first-order valence-electron chi connectivity index (χ1n) is 14.6. The molecule has 1 atom stereocenters. The standard InChI is InChI=1S/C32H36N8O3S/c1-22(19-39-12-14-40(15-13-39)44(42,43)25-10-11-28-29(17-25)33-18-30(41)37-28)36-32-27-9-5-8-26(31(27)34-21-35-32)24-7-4-6-23(16-24)20-38(2)3/h4-11,16-18,21-22H,12-15,19-20H2,1-3H3,(H,37,41)(H,34,35,36)/t22-/m0/s1. The largest absolute Gasteiger partial charge is 0.366 e. The van der Waals surface area contributed by atoms with E-state index in [1.807, 2.05) is 12.1 Å². The summed E-state index contributed by atoms with van der Waals surface area (Å²) in [5.41, 5.74) is 4.94. The molecule has 1 fully saturated rings. The fourth-order valence-corrected chi connectivity index (χ4v) is 7.23. The van der Waals surface area contributed by atoms with Crippen molar-refractivity contribution in [3.63, 3.8) is 0 Å². The van der Waals surface area contributed by atoms with E-state index in [1.165, 1.54) is 22.0 Å². The third-order valence-electron chi connectivity index (χ3n) is 7.83. The number of benzene rings is 3. The number of hydrogen-bond donors (Lipinski definition) is 2. The number of para-hydroxylation sites is 1. The lowest BCUT2D eigenvalue weighted by molar-refractivity contribution is 0.184. The van der Waals surface area contributed by atoms with Crippen LogP contribution < -0.4 is 10.9 Å². The minimum atomic E-state index is -3.68. The van der Waals surface area contributed by atoms with E-state index in [-0.39, 0.29) is 16.5 Å². The molecule has 5 aromatic rings. The lowest BCUT2D eigenvalue weighted by Gasteiger charge is -2.35. The van der Waals surface area contributed by atoms with Crippen molar-refractivity contribution in [3.05, 3.63) is 89.1 Å². The SMILES string of the molecule is C[C@@H](CN1CCN(S(=O)(=O)c2ccc3[nH]c(=O)cnc3c2)CC1)Nc1ncnc2c(-c3cccc(CN(C)C)c3)cccc12. The summed E-state index contributed by atoms with van der Waals surface area (Å²) in [5.74, 6) is 0.779. The molecule has 6 rings (SSSR count). The van der Waals surface area contributed by atoms with E-state index < -0.39 is 10.0 Å². The molecule has 2 aromatic heterocycles. The van der Waals surface area contributed by atoms with E-state index in [0.29, 0.717) is 37.2 Å². The number of H-pyrrole nitrogens is 1. The van der Waals surface area contributed by atoms with Crippen LogP contribution in [0.1, 0.15) is 12.5 Å². The van der Waals surface area contributed by atoms with E-state index in [1.54, 1.807) is 12.4 Å². The minimum absolute atomic E-state index is 0.0667. The highest BCUT2D eigenvalue weighted by Gasteiger charge is 2.29. The van der Waals surface area contributed by atoms with Gasteiger partial charge in [0.2, 0.25) is 10.0 Å². The van der Waals surface area contributed by atoms with E-state index in [2.05, 4.69) is 86.4 Å². The number of fused-ring (bicyclic) bond motifs is 2. The molecule has 2 N–H and O–H groups in total. The molecular formula is C32H36N8O3S. The van der Waals surface area contributed by atoms with Crippen LogP contribution in [0.4, 0.5) is 5.82 Å². The van der Waals surface area contributed by atoms with E-state index in [9.17, 15) is 13.2 Å². The molecular weight excluding hydrogens is 576 g/mol. The van der Waals surface area contributed by atoms with Crippen molar-refractivity contribution in [2.45, 2.75) is 24.4 Å². The number of aromatic amines is 1. The number of piperazine rings is 1. The van der Waals surface area contributed by atoms with Crippen molar-refractivity contribution in [1.82, 2.24) is 34.0 Å². The third-order valence-corrected chi connectivity index (χ3v) is 9.73. The summed E-state index contributed by atoms with van der Waals surface area (Å²) < 4.78 is 28.2. The fraction of sp³-hybridized carbons (Fsp3) is 0.312. The van der Waals surface area contributed by atoms with Gasteiger partial charge in [0.15, 0.2) is 0 Å². The summed E-state index contributed by atoms with van der Waals surface area (Å²) in [5, 5.41) is 4.53. The maximum absolute atomic E-state index is 13.4. The molecule has 228 valence electrons. The maximum Gasteiger partial charge on any atom is 0.266 e. The van der Waals surface area contributed by atoms with Gasteiger partial charge in [0.05, 0.1) is 27.6 Å². The number of hydrogen-bond acceptors (Lipinski definition) is 9. The Balaban J connectivity index is 1.11. The molecule has 0 bridgehead atoms. The average Bonchev–Trinajstić information content (AvgIpc) is 3.00. The lowest BCUT2D eigenvalue weighted by atomic mass is 10.00. The normalized spacial score (nSPS) is 15.6. The molecule has 0 unspecified atom stereocenters. The average molecular weight is 613 g/mol. The number of aromatic nitrogens is 4. The van der Waals surface area contributed by atoms with Crippen molar-refractivity contribution >= 4 is 37.8 Å². The summed E-state index contributed by atoms with van der Waals surface area (Å²) in [4.78, 5) is 32.1. The summed E-state index contributed by atoms with van der Waals surface area (Å²) in [6.45, 7) is 5.71. The van der Waals surface area contributed by atoms with Crippen molar-refractivity contribution in [3.8, 4) is 11.1 Å². The van der Waals surface area contributed by atoms with E-state index >= 15 is 0 Å². The number of anilines is 1. The van der Waals surface area contributed by atoms with Crippen molar-refractivity contribution in [2.75, 3.05) is 52.1 Å². The van der Waals surface area contributed by atoms with E-state index in [4.69, 9.17) is 0 Å². The second kappa shape index (κ2) is 12.4. The summed E-state index contributed by atoms with van der Waals surface area (Å²) in [6.07, 6.45) is 2.76. The Morgan fingerprint density at radius 2 is 1.77 bits per heavy atom. The highest BCUT2D eigenvalue weighted by atomic mass is 32.2. The monoisotopic (exact) mass is 612 g/mol. The first kappa shape index (κ1) is 29.8. The second-order valence-corrected chi connectivity index (χ2v) is 13.5. The van der Waals surface area contributed by atoms with Crippen LogP contribution >= 0.6 is 0 Å². The molecule has 0 amide bonds. The molecule has 3 heterocycles. The number of nitrogens with one attached hydrogen (secondary N) is 2. The molecule has 1 aliphatic rings. The molecule has 12 heteroatoms. The van der Waals surface area contributed by atoms with Crippen LogP contribution in [0, 0.1) is 0 Å². The van der Waals surface area contributed by atoms with Crippen LogP contribution in [0.5, 0.6) is 0 Å². The number of rotatable bonds is 9. The van der Waals surface area contributed by atoms with Gasteiger partial charge < -0.3 is 15.2 Å². The van der Waals surface area contributed by atoms with Gasteiger partial charge in [-0.25, -0.2) is 23.4 Å². The topological polar surface area (TPSA) is 127 Å². The van der Waals surface area contributed by atoms with Crippen LogP contribution in [0.15, 0.2) is 82.9 Å². The van der Waals surface area contributed by atoms with Crippen LogP contribution in [-0.4, -0.2) is 95.3 Å². The third kappa shape index (κ3) is 6.34. The van der Waals surface area contributed by atoms with Crippen molar-refractivity contribution in [2.24, 2.45) is 0 Å². The Kier molecular flexibility index (Phi) is 8.41. The maximum atomic E-state index is 13.4. The molecule has 0 spiro atoms. The molecule has 11 nitrogen and oxygen atoms in total. The summed E-state index contributed by atoms with van der Waals surface area (Å²) >= 11 is 0. The van der Waals surface area contributed by atoms with Gasteiger partial charge in [-0.2, -0.15) is 4.31 Å². The van der Waals surface area contributed by atoms with Gasteiger partial charge in [0, 0.05) is 56.3 Å². The van der Waals surface area contributed by atoms with Crippen LogP contribution in [-0.2, 0) is 16.6 Å². The van der Waals surface area contributed by atoms with Crippen LogP contribution in [0.3, 0.4) is 0 Å². The highest BCUT2D eigenvalue weighted by Crippen LogP contribution is 2.31. The minimum Gasteiger partial charge on any atom is -0.366 e. The zero-order valence-electron chi connectivity index (χ0n) is 25.1. The molecule has 1 saturated heterocycles. The molecule has 3 aromatic carbocycles. The second-order valence-electron chi connectivity index (χ2n) is 11.5. The van der Waals surface area contributed by atoms with Crippen molar-refractivity contribution < 1.29 is 8.42 Å². The quantitative estimate of drug-likeness (QED) is 0.258. The number of nitrogens with zero attached hydrogens (tertiary/aromatic N) is 6. The summed E-state index contributed by atoms with van der Waals surface area (Å²) in [6, 6.07) is 19.4. The van der Waals surface area contributed by atoms with Gasteiger partial charge in [-0.3, -0.25) is 9.69 Å². The first-order chi connectivity index (χ1) is 21.2. The Morgan fingerprint density at radius 1 is 0.977 bits per heavy atom. The molecule has 1 aliphatic heterocycles. The van der Waals surface area contributed by atoms with Crippen LogP contribution in [0.2, 0.25) is 0 Å². The zero-order valence-corrected chi connectivity index (χ0v) is 25.9. The van der Waals surface area contributed by atoms with Gasteiger partial charge >= 0.3 is 0 Å². The van der Waals surface area contributed by atoms with Gasteiger partial charge in [-0.1, -0.05) is 30.3 Å². The van der Waals surface area contributed by atoms with E-state index in [0.717, 1.165) is 47.1 Å². The van der Waals surface area contributed by atoms with Gasteiger partial charge in [0.25, 0.3) is 5.56 Å². The Bertz CT molecular complexity index is 1970. The summed E-state index contributed by atoms with van der Waals surface area (Å²) in [7, 11) is 0.443. The first-order valence-corrected chi connectivity index (χ1v) is 16.1. The predicted octanol–water partition coefficient (Wildman–Crippen LogP) is 3.40. The highest BCUT2D eigenvalue weighted by molar-refractivity contribution is 7.89. The van der Waals surface area contributed by atoms with Gasteiger partial charge in [-0.15, -0.1) is 0 Å². The van der Waals surface area contributed by atoms with Gasteiger partial charge in [-0.05, 0) is 62.5 Å².